The Morgan fingerprint density at radius 2 is 0.388 bits per heavy atom. The van der Waals surface area contributed by atoms with E-state index in [2.05, 4.69) is 13.8 Å². The molecule has 296 valence electrons. The van der Waals surface area contributed by atoms with E-state index in [1.54, 1.807) is 0 Å². The molecule has 0 bridgehead atoms. The molecule has 0 radical (unpaired) electrons. The van der Waals surface area contributed by atoms with Crippen LogP contribution in [-0.4, -0.2) is 21.6 Å². The fourth-order valence-corrected chi connectivity index (χ4v) is 7.78. The first-order valence-electron chi connectivity index (χ1n) is 22.7. The van der Waals surface area contributed by atoms with Crippen LogP contribution in [0.1, 0.15) is 271 Å². The maximum absolute atomic E-state index is 12.0. The molecule has 49 heavy (non-hydrogen) atoms. The standard InChI is InChI=1S/C44H90O4S/c1-3-5-7-9-11-13-15-17-19-21-22-23-24-25-26-27-28-30-32-34-36-38-40-42-44-48-49(45,46)47-43-41-39-37-35-33-31-29-20-18-16-14-12-10-8-6-4-2/h3-44H2,1-2H3. The van der Waals surface area contributed by atoms with Crippen LogP contribution in [0.4, 0.5) is 0 Å². The molecule has 0 aliphatic carbocycles. The van der Waals surface area contributed by atoms with E-state index in [-0.39, 0.29) is 13.2 Å². The molecule has 0 N–H and O–H groups in total. The number of hydrogen-bond donors (Lipinski definition) is 0. The lowest BCUT2D eigenvalue weighted by molar-refractivity contribution is 0.208. The monoisotopic (exact) mass is 715 g/mol. The van der Waals surface area contributed by atoms with Crippen molar-refractivity contribution in [3.63, 3.8) is 0 Å². The van der Waals surface area contributed by atoms with Gasteiger partial charge < -0.3 is 0 Å². The minimum absolute atomic E-state index is 0.250. The van der Waals surface area contributed by atoms with Crippen LogP contribution in [0.5, 0.6) is 0 Å². The molecule has 0 saturated carbocycles. The minimum atomic E-state index is -3.83. The smallest absolute Gasteiger partial charge is 0.248 e. The summed E-state index contributed by atoms with van der Waals surface area (Å²) in [7, 11) is -3.83. The van der Waals surface area contributed by atoms with E-state index in [0.717, 1.165) is 25.7 Å². The largest absolute Gasteiger partial charge is 0.399 e. The Balaban J connectivity index is 3.24. The second-order valence-corrected chi connectivity index (χ2v) is 16.8. The molecule has 0 saturated heterocycles. The predicted octanol–water partition coefficient (Wildman–Crippen LogP) is 15.9. The fourth-order valence-electron chi connectivity index (χ4n) is 7.07. The maximum Gasteiger partial charge on any atom is 0.399 e. The molecule has 0 amide bonds. The molecule has 0 spiro atoms. The highest BCUT2D eigenvalue weighted by Gasteiger charge is 2.11. The summed E-state index contributed by atoms with van der Waals surface area (Å²) in [6.07, 6.45) is 53.6. The third kappa shape index (κ3) is 44.0. The van der Waals surface area contributed by atoms with Gasteiger partial charge in [-0.1, -0.05) is 258 Å². The normalized spacial score (nSPS) is 12.0. The summed E-state index contributed by atoms with van der Waals surface area (Å²) in [5.74, 6) is 0. The van der Waals surface area contributed by atoms with Crippen molar-refractivity contribution in [2.75, 3.05) is 13.2 Å². The first kappa shape index (κ1) is 48.9. The number of rotatable bonds is 44. The van der Waals surface area contributed by atoms with E-state index < -0.39 is 10.4 Å². The van der Waals surface area contributed by atoms with E-state index in [1.807, 2.05) is 0 Å². The minimum Gasteiger partial charge on any atom is -0.248 e. The zero-order valence-electron chi connectivity index (χ0n) is 33.7. The van der Waals surface area contributed by atoms with Crippen molar-refractivity contribution in [3.05, 3.63) is 0 Å². The topological polar surface area (TPSA) is 52.6 Å². The Morgan fingerprint density at radius 3 is 0.551 bits per heavy atom. The summed E-state index contributed by atoms with van der Waals surface area (Å²) in [4.78, 5) is 0. The summed E-state index contributed by atoms with van der Waals surface area (Å²) in [5, 5.41) is 0. The summed E-state index contributed by atoms with van der Waals surface area (Å²) < 4.78 is 34.1. The predicted molar refractivity (Wildman–Crippen MR) is 217 cm³/mol. The lowest BCUT2D eigenvalue weighted by atomic mass is 10.0. The summed E-state index contributed by atoms with van der Waals surface area (Å²) in [5.41, 5.74) is 0. The van der Waals surface area contributed by atoms with Crippen molar-refractivity contribution in [1.29, 1.82) is 0 Å². The third-order valence-corrected chi connectivity index (χ3v) is 11.4. The highest BCUT2D eigenvalue weighted by Crippen LogP contribution is 2.17. The molecule has 0 aromatic rings. The van der Waals surface area contributed by atoms with Gasteiger partial charge in [0.1, 0.15) is 0 Å². The molecular weight excluding hydrogens is 625 g/mol. The van der Waals surface area contributed by atoms with Gasteiger partial charge in [-0.25, -0.2) is 8.37 Å². The van der Waals surface area contributed by atoms with Crippen molar-refractivity contribution >= 4 is 10.4 Å². The quantitative estimate of drug-likeness (QED) is 0.0590. The molecule has 0 aromatic heterocycles. The zero-order chi connectivity index (χ0) is 35.6. The van der Waals surface area contributed by atoms with Crippen LogP contribution < -0.4 is 0 Å². The molecule has 0 heterocycles. The van der Waals surface area contributed by atoms with Gasteiger partial charge in [0.25, 0.3) is 0 Å². The second-order valence-electron chi connectivity index (χ2n) is 15.5. The zero-order valence-corrected chi connectivity index (χ0v) is 34.6. The Kier molecular flexibility index (Phi) is 42.2. The van der Waals surface area contributed by atoms with E-state index >= 15 is 0 Å². The van der Waals surface area contributed by atoms with Gasteiger partial charge in [-0.2, -0.15) is 8.42 Å². The molecular formula is C44H90O4S. The Morgan fingerprint density at radius 1 is 0.245 bits per heavy atom. The summed E-state index contributed by atoms with van der Waals surface area (Å²) in [6.45, 7) is 5.08. The molecule has 4 nitrogen and oxygen atoms in total. The first-order chi connectivity index (χ1) is 24.1. The molecule has 0 aromatic carbocycles. The maximum atomic E-state index is 12.0. The van der Waals surface area contributed by atoms with Crippen LogP contribution in [0.15, 0.2) is 0 Å². The lowest BCUT2D eigenvalue weighted by Crippen LogP contribution is -2.12. The number of hydrogen-bond acceptors (Lipinski definition) is 4. The van der Waals surface area contributed by atoms with Gasteiger partial charge in [0.15, 0.2) is 0 Å². The Bertz CT molecular complexity index is 695. The van der Waals surface area contributed by atoms with Gasteiger partial charge in [-0.05, 0) is 12.8 Å². The van der Waals surface area contributed by atoms with E-state index in [4.69, 9.17) is 8.37 Å². The second kappa shape index (κ2) is 42.3. The van der Waals surface area contributed by atoms with Crippen molar-refractivity contribution in [2.45, 2.75) is 271 Å². The highest BCUT2D eigenvalue weighted by atomic mass is 32.3. The molecule has 0 aliphatic heterocycles. The lowest BCUT2D eigenvalue weighted by Gasteiger charge is -2.07. The first-order valence-corrected chi connectivity index (χ1v) is 24.0. The van der Waals surface area contributed by atoms with E-state index in [9.17, 15) is 8.42 Å². The van der Waals surface area contributed by atoms with Crippen LogP contribution in [0.25, 0.3) is 0 Å². The fraction of sp³-hybridized carbons (Fsp3) is 1.00. The van der Waals surface area contributed by atoms with Crippen LogP contribution in [-0.2, 0) is 18.8 Å². The SMILES string of the molecule is CCCCCCCCCCCCCCCCCCCCCCCCCCOS(=O)(=O)OCCCCCCCCCCCCCCCCCC. The molecule has 0 rings (SSSR count). The highest BCUT2D eigenvalue weighted by molar-refractivity contribution is 7.81. The van der Waals surface area contributed by atoms with Crippen LogP contribution in [0.2, 0.25) is 0 Å². The molecule has 0 aliphatic rings. The molecule has 0 unspecified atom stereocenters. The average Bonchev–Trinajstić information content (AvgIpc) is 3.09. The average molecular weight is 715 g/mol. The van der Waals surface area contributed by atoms with E-state index in [0.29, 0.717) is 0 Å². The number of unbranched alkanes of at least 4 members (excludes halogenated alkanes) is 38. The summed E-state index contributed by atoms with van der Waals surface area (Å²) in [6, 6.07) is 0. The van der Waals surface area contributed by atoms with Gasteiger partial charge >= 0.3 is 10.4 Å². The van der Waals surface area contributed by atoms with Crippen molar-refractivity contribution in [1.82, 2.24) is 0 Å². The third-order valence-electron chi connectivity index (χ3n) is 10.5. The Hall–Kier alpha value is -0.130. The molecule has 0 atom stereocenters. The van der Waals surface area contributed by atoms with Crippen LogP contribution in [0, 0.1) is 0 Å². The summed E-state index contributed by atoms with van der Waals surface area (Å²) >= 11 is 0. The van der Waals surface area contributed by atoms with Crippen molar-refractivity contribution in [3.8, 4) is 0 Å². The van der Waals surface area contributed by atoms with Gasteiger partial charge in [0.2, 0.25) is 0 Å². The van der Waals surface area contributed by atoms with Gasteiger partial charge in [-0.15, -0.1) is 0 Å². The van der Waals surface area contributed by atoms with Crippen LogP contribution >= 0.6 is 0 Å². The van der Waals surface area contributed by atoms with E-state index in [1.165, 1.54) is 231 Å². The van der Waals surface area contributed by atoms with Crippen LogP contribution in [0.3, 0.4) is 0 Å². The van der Waals surface area contributed by atoms with Gasteiger partial charge in [0.05, 0.1) is 13.2 Å². The Labute approximate surface area is 310 Å². The molecule has 0 fully saturated rings. The van der Waals surface area contributed by atoms with Gasteiger partial charge in [-0.3, -0.25) is 0 Å². The molecule has 5 heteroatoms. The van der Waals surface area contributed by atoms with Crippen molar-refractivity contribution < 1.29 is 16.8 Å². The van der Waals surface area contributed by atoms with Gasteiger partial charge in [0, 0.05) is 0 Å². The van der Waals surface area contributed by atoms with Crippen molar-refractivity contribution in [2.24, 2.45) is 0 Å².